The number of halogens is 1. The number of ether oxygens (including phenoxy) is 1. The van der Waals surface area contributed by atoms with Crippen LogP contribution < -0.4 is 0 Å². The van der Waals surface area contributed by atoms with E-state index in [1.54, 1.807) is 0 Å². The molecule has 0 aromatic heterocycles. The maximum absolute atomic E-state index is 13.2. The van der Waals surface area contributed by atoms with Crippen molar-refractivity contribution >= 4 is 11.8 Å². The van der Waals surface area contributed by atoms with Gasteiger partial charge in [0.15, 0.2) is 5.78 Å². The van der Waals surface area contributed by atoms with Crippen molar-refractivity contribution in [3.8, 4) is 0 Å². The highest BCUT2D eigenvalue weighted by molar-refractivity contribution is 5.98. The Labute approximate surface area is 99.6 Å². The molecule has 17 heavy (non-hydrogen) atoms. The largest absolute Gasteiger partial charge is 0.462 e. The summed E-state index contributed by atoms with van der Waals surface area (Å²) in [4.78, 5) is 22.7. The van der Waals surface area contributed by atoms with Gasteiger partial charge in [-0.1, -0.05) is 13.3 Å². The molecule has 0 radical (unpaired) electrons. The van der Waals surface area contributed by atoms with E-state index in [0.717, 1.165) is 18.9 Å². The van der Waals surface area contributed by atoms with Crippen LogP contribution in [0.3, 0.4) is 0 Å². The lowest BCUT2D eigenvalue weighted by molar-refractivity contribution is 0.0499. The Kier molecular flexibility index (Phi) is 4.82. The lowest BCUT2D eigenvalue weighted by atomic mass is 10.1. The average Bonchev–Trinajstić information content (AvgIpc) is 2.29. The first-order chi connectivity index (χ1) is 8.06. The van der Waals surface area contributed by atoms with Crippen LogP contribution in [0, 0.1) is 5.82 Å². The highest BCUT2D eigenvalue weighted by atomic mass is 19.1. The number of carbonyl (C=O) groups is 2. The second-order valence-electron chi connectivity index (χ2n) is 3.74. The summed E-state index contributed by atoms with van der Waals surface area (Å²) in [7, 11) is 0. The number of benzene rings is 1. The predicted molar refractivity (Wildman–Crippen MR) is 61.6 cm³/mol. The molecule has 0 aliphatic rings. The summed E-state index contributed by atoms with van der Waals surface area (Å²) in [6, 6.07) is 3.65. The Morgan fingerprint density at radius 2 is 2.06 bits per heavy atom. The number of esters is 1. The number of hydrogen-bond donors (Lipinski definition) is 0. The lowest BCUT2D eigenvalue weighted by Crippen LogP contribution is -2.08. The highest BCUT2D eigenvalue weighted by Gasteiger charge is 2.13. The molecule has 1 aromatic rings. The zero-order valence-corrected chi connectivity index (χ0v) is 9.96. The van der Waals surface area contributed by atoms with Gasteiger partial charge in [0.05, 0.1) is 17.7 Å². The first-order valence-electron chi connectivity index (χ1n) is 5.54. The Bertz CT molecular complexity index is 427. The van der Waals surface area contributed by atoms with Crippen LogP contribution in [-0.2, 0) is 4.74 Å². The van der Waals surface area contributed by atoms with Gasteiger partial charge < -0.3 is 4.74 Å². The van der Waals surface area contributed by atoms with Crippen molar-refractivity contribution in [1.82, 2.24) is 0 Å². The normalized spacial score (nSPS) is 10.1. The van der Waals surface area contributed by atoms with Crippen LogP contribution in [0.2, 0.25) is 0 Å². The first kappa shape index (κ1) is 13.4. The molecular formula is C13H15FO3. The summed E-state index contributed by atoms with van der Waals surface area (Å²) in [6.07, 6.45) is 1.71. The van der Waals surface area contributed by atoms with Crippen molar-refractivity contribution in [2.75, 3.05) is 6.61 Å². The molecule has 92 valence electrons. The summed E-state index contributed by atoms with van der Waals surface area (Å²) < 4.78 is 18.2. The second kappa shape index (κ2) is 6.13. The molecule has 0 aliphatic carbocycles. The van der Waals surface area contributed by atoms with Gasteiger partial charge in [-0.05, 0) is 31.5 Å². The monoisotopic (exact) mass is 238 g/mol. The quantitative estimate of drug-likeness (QED) is 0.450. The predicted octanol–water partition coefficient (Wildman–Crippen LogP) is 2.99. The molecule has 0 heterocycles. The van der Waals surface area contributed by atoms with E-state index in [4.69, 9.17) is 4.74 Å². The van der Waals surface area contributed by atoms with Crippen molar-refractivity contribution in [2.24, 2.45) is 0 Å². The zero-order chi connectivity index (χ0) is 12.8. The Morgan fingerprint density at radius 1 is 1.35 bits per heavy atom. The van der Waals surface area contributed by atoms with Crippen LogP contribution >= 0.6 is 0 Å². The van der Waals surface area contributed by atoms with Crippen LogP contribution in [-0.4, -0.2) is 18.4 Å². The van der Waals surface area contributed by atoms with E-state index in [2.05, 4.69) is 0 Å². The SMILES string of the molecule is CCCCOC(=O)c1ccc(F)c(C(C)=O)c1. The van der Waals surface area contributed by atoms with Gasteiger partial charge in [-0.15, -0.1) is 0 Å². The van der Waals surface area contributed by atoms with Crippen LogP contribution in [0.15, 0.2) is 18.2 Å². The molecule has 3 nitrogen and oxygen atoms in total. The molecule has 0 saturated carbocycles. The van der Waals surface area contributed by atoms with E-state index >= 15 is 0 Å². The fourth-order valence-electron chi connectivity index (χ4n) is 1.31. The van der Waals surface area contributed by atoms with Crippen LogP contribution in [0.25, 0.3) is 0 Å². The van der Waals surface area contributed by atoms with Gasteiger partial charge in [0.25, 0.3) is 0 Å². The van der Waals surface area contributed by atoms with E-state index in [1.807, 2.05) is 6.92 Å². The highest BCUT2D eigenvalue weighted by Crippen LogP contribution is 2.12. The second-order valence-corrected chi connectivity index (χ2v) is 3.74. The van der Waals surface area contributed by atoms with Gasteiger partial charge in [-0.3, -0.25) is 4.79 Å². The average molecular weight is 238 g/mol. The Morgan fingerprint density at radius 3 is 2.65 bits per heavy atom. The van der Waals surface area contributed by atoms with Crippen molar-refractivity contribution in [3.63, 3.8) is 0 Å². The van der Waals surface area contributed by atoms with Crippen molar-refractivity contribution < 1.29 is 18.7 Å². The molecule has 1 aromatic carbocycles. The minimum Gasteiger partial charge on any atom is -0.462 e. The summed E-state index contributed by atoms with van der Waals surface area (Å²) in [5, 5.41) is 0. The van der Waals surface area contributed by atoms with E-state index < -0.39 is 17.6 Å². The molecular weight excluding hydrogens is 223 g/mol. The molecule has 0 N–H and O–H groups in total. The number of ketones is 1. The third-order valence-corrected chi connectivity index (χ3v) is 2.31. The summed E-state index contributed by atoms with van der Waals surface area (Å²) in [5.74, 6) is -1.56. The third kappa shape index (κ3) is 3.66. The van der Waals surface area contributed by atoms with Gasteiger partial charge >= 0.3 is 5.97 Å². The topological polar surface area (TPSA) is 43.4 Å². The van der Waals surface area contributed by atoms with Crippen molar-refractivity contribution in [3.05, 3.63) is 35.1 Å². The van der Waals surface area contributed by atoms with E-state index in [1.165, 1.54) is 19.1 Å². The van der Waals surface area contributed by atoms with Gasteiger partial charge in [0.2, 0.25) is 0 Å². The number of carbonyl (C=O) groups excluding carboxylic acids is 2. The lowest BCUT2D eigenvalue weighted by Gasteiger charge is -2.05. The molecule has 0 saturated heterocycles. The minimum atomic E-state index is -0.623. The fourth-order valence-corrected chi connectivity index (χ4v) is 1.31. The fraction of sp³-hybridized carbons (Fsp3) is 0.385. The van der Waals surface area contributed by atoms with Crippen molar-refractivity contribution in [2.45, 2.75) is 26.7 Å². The smallest absolute Gasteiger partial charge is 0.338 e. The molecule has 0 unspecified atom stereocenters. The standard InChI is InChI=1S/C13H15FO3/c1-3-4-7-17-13(16)10-5-6-12(14)11(8-10)9(2)15/h5-6,8H,3-4,7H2,1-2H3. The molecule has 0 aliphatic heterocycles. The first-order valence-corrected chi connectivity index (χ1v) is 5.54. The Hall–Kier alpha value is -1.71. The van der Waals surface area contributed by atoms with Gasteiger partial charge in [0, 0.05) is 0 Å². The molecule has 1 rings (SSSR count). The molecule has 0 spiro atoms. The van der Waals surface area contributed by atoms with Crippen molar-refractivity contribution in [1.29, 1.82) is 0 Å². The maximum Gasteiger partial charge on any atom is 0.338 e. The van der Waals surface area contributed by atoms with Gasteiger partial charge in [0.1, 0.15) is 5.82 Å². The minimum absolute atomic E-state index is 0.0880. The van der Waals surface area contributed by atoms with E-state index in [-0.39, 0.29) is 11.1 Å². The summed E-state index contributed by atoms with van der Waals surface area (Å²) in [5.41, 5.74) is 0.114. The molecule has 0 fully saturated rings. The summed E-state index contributed by atoms with van der Waals surface area (Å²) >= 11 is 0. The number of Topliss-reactive ketones (excluding diaryl/α,β-unsaturated/α-hetero) is 1. The molecule has 0 amide bonds. The van der Waals surface area contributed by atoms with Crippen LogP contribution in [0.5, 0.6) is 0 Å². The Balaban J connectivity index is 2.81. The molecule has 0 bridgehead atoms. The molecule has 0 atom stereocenters. The third-order valence-electron chi connectivity index (χ3n) is 2.31. The van der Waals surface area contributed by atoms with E-state index in [0.29, 0.717) is 6.61 Å². The number of hydrogen-bond acceptors (Lipinski definition) is 3. The van der Waals surface area contributed by atoms with E-state index in [9.17, 15) is 14.0 Å². The van der Waals surface area contributed by atoms with Gasteiger partial charge in [-0.25, -0.2) is 9.18 Å². The number of unbranched alkanes of at least 4 members (excludes halogenated alkanes) is 1. The zero-order valence-electron chi connectivity index (χ0n) is 9.96. The van der Waals surface area contributed by atoms with Crippen LogP contribution in [0.4, 0.5) is 4.39 Å². The van der Waals surface area contributed by atoms with Gasteiger partial charge in [-0.2, -0.15) is 0 Å². The maximum atomic E-state index is 13.2. The molecule has 4 heteroatoms. The van der Waals surface area contributed by atoms with Crippen LogP contribution in [0.1, 0.15) is 47.4 Å². The number of rotatable bonds is 5. The summed E-state index contributed by atoms with van der Waals surface area (Å²) in [6.45, 7) is 3.58.